The minimum Gasteiger partial charge on any atom is -0.424 e. The highest BCUT2D eigenvalue weighted by atomic mass is 35.5. The van der Waals surface area contributed by atoms with Gasteiger partial charge in [-0.2, -0.15) is 0 Å². The summed E-state index contributed by atoms with van der Waals surface area (Å²) in [4.78, 5) is 25.7. The van der Waals surface area contributed by atoms with E-state index >= 15 is 0 Å². The Kier molecular flexibility index (Phi) is 5.71. The molecule has 25 heavy (non-hydrogen) atoms. The molecule has 130 valence electrons. The Balaban J connectivity index is 1.66. The number of nitrogens with zero attached hydrogens (tertiary/aromatic N) is 1. The summed E-state index contributed by atoms with van der Waals surface area (Å²) in [6.45, 7) is 0.574. The van der Waals surface area contributed by atoms with Crippen molar-refractivity contribution in [2.24, 2.45) is 0 Å². The number of halogens is 1. The van der Waals surface area contributed by atoms with Gasteiger partial charge in [-0.15, -0.1) is 0 Å². The summed E-state index contributed by atoms with van der Waals surface area (Å²) in [5, 5.41) is 0.372. The van der Waals surface area contributed by atoms with E-state index in [-0.39, 0.29) is 12.5 Å². The molecule has 0 aromatic heterocycles. The van der Waals surface area contributed by atoms with Gasteiger partial charge in [0.2, 0.25) is 5.91 Å². The molecule has 1 saturated heterocycles. The molecule has 4 nitrogen and oxygen atoms in total. The van der Waals surface area contributed by atoms with Crippen LogP contribution in [0.15, 0.2) is 48.5 Å². The zero-order chi connectivity index (χ0) is 17.6. The summed E-state index contributed by atoms with van der Waals surface area (Å²) in [6, 6.07) is 15.2. The standard InChI is InChI=1S/C20H20ClNO3/c21-17-13-16(15-7-3-1-4-8-15)10-11-18(17)25-20(24)14-22-12-6-2-5-9-19(22)23/h1,3-4,7-8,10-11,13H,2,5-6,9,12,14H2. The second-order valence-electron chi connectivity index (χ2n) is 6.11. The molecule has 0 aliphatic carbocycles. The van der Waals surface area contributed by atoms with Gasteiger partial charge in [-0.25, -0.2) is 4.79 Å². The lowest BCUT2D eigenvalue weighted by Crippen LogP contribution is -2.36. The highest BCUT2D eigenvalue weighted by Gasteiger charge is 2.20. The molecule has 0 atom stereocenters. The molecule has 0 saturated carbocycles. The van der Waals surface area contributed by atoms with Crippen LogP contribution >= 0.6 is 11.6 Å². The summed E-state index contributed by atoms with van der Waals surface area (Å²) in [7, 11) is 0. The monoisotopic (exact) mass is 357 g/mol. The predicted octanol–water partition coefficient (Wildman–Crippen LogP) is 4.32. The molecular formula is C20H20ClNO3. The van der Waals surface area contributed by atoms with Crippen molar-refractivity contribution in [1.82, 2.24) is 4.90 Å². The van der Waals surface area contributed by atoms with E-state index in [0.29, 0.717) is 23.7 Å². The minimum atomic E-state index is -0.468. The number of hydrogen-bond acceptors (Lipinski definition) is 3. The Labute approximate surface area is 152 Å². The van der Waals surface area contributed by atoms with Gasteiger partial charge in [-0.1, -0.05) is 54.4 Å². The van der Waals surface area contributed by atoms with E-state index in [1.165, 1.54) is 0 Å². The van der Waals surface area contributed by atoms with Crippen LogP contribution in [-0.2, 0) is 9.59 Å². The molecule has 0 bridgehead atoms. The van der Waals surface area contributed by atoms with Gasteiger partial charge < -0.3 is 9.64 Å². The second-order valence-corrected chi connectivity index (χ2v) is 6.52. The van der Waals surface area contributed by atoms with E-state index < -0.39 is 5.97 Å². The van der Waals surface area contributed by atoms with Crippen LogP contribution in [0.1, 0.15) is 25.7 Å². The van der Waals surface area contributed by atoms with Crippen LogP contribution in [-0.4, -0.2) is 29.9 Å². The number of carbonyl (C=O) groups excluding carboxylic acids is 2. The Morgan fingerprint density at radius 2 is 1.84 bits per heavy atom. The lowest BCUT2D eigenvalue weighted by molar-refractivity contribution is -0.142. The van der Waals surface area contributed by atoms with Gasteiger partial charge in [0, 0.05) is 13.0 Å². The molecule has 3 rings (SSSR count). The summed E-state index contributed by atoms with van der Waals surface area (Å²) in [5.74, 6) is -0.141. The highest BCUT2D eigenvalue weighted by molar-refractivity contribution is 6.32. The van der Waals surface area contributed by atoms with Crippen LogP contribution in [0.25, 0.3) is 11.1 Å². The van der Waals surface area contributed by atoms with Crippen molar-refractivity contribution < 1.29 is 14.3 Å². The molecule has 0 spiro atoms. The Morgan fingerprint density at radius 1 is 1.04 bits per heavy atom. The number of ether oxygens (including phenoxy) is 1. The average Bonchev–Trinajstić information content (AvgIpc) is 2.82. The fourth-order valence-electron chi connectivity index (χ4n) is 2.91. The predicted molar refractivity (Wildman–Crippen MR) is 97.6 cm³/mol. The van der Waals surface area contributed by atoms with Gasteiger partial charge in [0.1, 0.15) is 12.3 Å². The first kappa shape index (κ1) is 17.5. The maximum Gasteiger partial charge on any atom is 0.331 e. The summed E-state index contributed by atoms with van der Waals surface area (Å²) in [5.41, 5.74) is 1.99. The third-order valence-corrected chi connectivity index (χ3v) is 4.55. The topological polar surface area (TPSA) is 46.6 Å². The quantitative estimate of drug-likeness (QED) is 0.605. The van der Waals surface area contributed by atoms with E-state index in [1.54, 1.807) is 17.0 Å². The number of carbonyl (C=O) groups is 2. The number of hydrogen-bond donors (Lipinski definition) is 0. The fraction of sp³-hybridized carbons (Fsp3) is 0.300. The fourth-order valence-corrected chi connectivity index (χ4v) is 3.13. The van der Waals surface area contributed by atoms with Gasteiger partial charge in [0.15, 0.2) is 0 Å². The molecule has 0 N–H and O–H groups in total. The van der Waals surface area contributed by atoms with Crippen LogP contribution in [0.4, 0.5) is 0 Å². The lowest BCUT2D eigenvalue weighted by atomic mass is 10.1. The van der Waals surface area contributed by atoms with Gasteiger partial charge in [-0.05, 0) is 36.1 Å². The first-order chi connectivity index (χ1) is 12.1. The number of benzene rings is 2. The first-order valence-electron chi connectivity index (χ1n) is 8.47. The Bertz CT molecular complexity index is 761. The molecule has 1 amide bonds. The molecule has 2 aromatic carbocycles. The van der Waals surface area contributed by atoms with Crippen molar-refractivity contribution in [3.05, 3.63) is 53.6 Å². The van der Waals surface area contributed by atoms with Crippen molar-refractivity contribution in [3.63, 3.8) is 0 Å². The largest absolute Gasteiger partial charge is 0.424 e. The maximum atomic E-state index is 12.2. The van der Waals surface area contributed by atoms with Crippen molar-refractivity contribution in [3.8, 4) is 16.9 Å². The van der Waals surface area contributed by atoms with E-state index in [9.17, 15) is 9.59 Å². The number of likely N-dealkylation sites (tertiary alicyclic amines) is 1. The normalized spacial score (nSPS) is 14.9. The second kappa shape index (κ2) is 8.17. The van der Waals surface area contributed by atoms with Crippen molar-refractivity contribution in [2.45, 2.75) is 25.7 Å². The SMILES string of the molecule is O=C(CN1CCCCCC1=O)Oc1ccc(-c2ccccc2)cc1Cl. The van der Waals surface area contributed by atoms with E-state index in [0.717, 1.165) is 30.4 Å². The summed E-state index contributed by atoms with van der Waals surface area (Å²) < 4.78 is 5.36. The van der Waals surface area contributed by atoms with Gasteiger partial charge in [0.05, 0.1) is 5.02 Å². The molecule has 5 heteroatoms. The minimum absolute atomic E-state index is 0.0139. The van der Waals surface area contributed by atoms with Crippen LogP contribution in [0.3, 0.4) is 0 Å². The van der Waals surface area contributed by atoms with Crippen molar-refractivity contribution in [2.75, 3.05) is 13.1 Å². The molecule has 1 aliphatic rings. The van der Waals surface area contributed by atoms with Crippen LogP contribution in [0.2, 0.25) is 5.02 Å². The Hall–Kier alpha value is -2.33. The first-order valence-corrected chi connectivity index (χ1v) is 8.85. The third kappa shape index (κ3) is 4.60. The molecular weight excluding hydrogens is 338 g/mol. The number of amides is 1. The molecule has 2 aromatic rings. The zero-order valence-electron chi connectivity index (χ0n) is 13.9. The lowest BCUT2D eigenvalue weighted by Gasteiger charge is -2.19. The maximum absolute atomic E-state index is 12.2. The molecule has 1 aliphatic heterocycles. The van der Waals surface area contributed by atoms with Crippen molar-refractivity contribution >= 4 is 23.5 Å². The summed E-state index contributed by atoms with van der Waals surface area (Å²) >= 11 is 6.26. The van der Waals surface area contributed by atoms with Gasteiger partial charge >= 0.3 is 5.97 Å². The average molecular weight is 358 g/mol. The third-order valence-electron chi connectivity index (χ3n) is 4.25. The van der Waals surface area contributed by atoms with Crippen LogP contribution < -0.4 is 4.74 Å². The van der Waals surface area contributed by atoms with Crippen LogP contribution in [0.5, 0.6) is 5.75 Å². The van der Waals surface area contributed by atoms with Crippen LogP contribution in [0, 0.1) is 0 Å². The zero-order valence-corrected chi connectivity index (χ0v) is 14.7. The molecule has 0 unspecified atom stereocenters. The van der Waals surface area contributed by atoms with E-state index in [1.807, 2.05) is 36.4 Å². The van der Waals surface area contributed by atoms with Gasteiger partial charge in [0.25, 0.3) is 0 Å². The van der Waals surface area contributed by atoms with E-state index in [4.69, 9.17) is 16.3 Å². The van der Waals surface area contributed by atoms with Crippen molar-refractivity contribution in [1.29, 1.82) is 0 Å². The molecule has 1 heterocycles. The van der Waals surface area contributed by atoms with Gasteiger partial charge in [-0.3, -0.25) is 4.79 Å². The van der Waals surface area contributed by atoms with E-state index in [2.05, 4.69) is 0 Å². The highest BCUT2D eigenvalue weighted by Crippen LogP contribution is 2.30. The molecule has 0 radical (unpaired) electrons. The molecule has 1 fully saturated rings. The summed E-state index contributed by atoms with van der Waals surface area (Å²) in [6.07, 6.45) is 3.33. The number of esters is 1. The Morgan fingerprint density at radius 3 is 2.60 bits per heavy atom. The number of rotatable bonds is 4. The smallest absolute Gasteiger partial charge is 0.331 e.